The van der Waals surface area contributed by atoms with Crippen LogP contribution in [0.1, 0.15) is 39.7 Å². The van der Waals surface area contributed by atoms with Crippen LogP contribution in [-0.4, -0.2) is 67.7 Å². The molecule has 8 heteroatoms. The molecule has 2 aliphatic heterocycles. The number of hydrogen-bond donors (Lipinski definition) is 0. The third kappa shape index (κ3) is 5.81. The minimum Gasteiger partial charge on any atom is -0.493 e. The van der Waals surface area contributed by atoms with E-state index in [1.165, 1.54) is 4.88 Å². The van der Waals surface area contributed by atoms with Crippen molar-refractivity contribution in [3.63, 3.8) is 0 Å². The summed E-state index contributed by atoms with van der Waals surface area (Å²) in [4.78, 5) is 32.0. The van der Waals surface area contributed by atoms with Gasteiger partial charge >= 0.3 is 0 Å². The van der Waals surface area contributed by atoms with Crippen molar-refractivity contribution in [2.45, 2.75) is 31.4 Å². The number of fused-ring (bicyclic) bond motifs is 1. The van der Waals surface area contributed by atoms with Crippen LogP contribution >= 0.6 is 11.3 Å². The Morgan fingerprint density at radius 2 is 1.86 bits per heavy atom. The standard InChI is InChI=1S/C29H32N2O5S/c1-34-25-11-5-6-12-26(25)36-20-24-23-14-17-37-27(23)13-15-31(24)28(32)19-30(18-22-10-7-16-35-22)29(33)21-8-3-2-4-9-21/h2-6,8-9,11-12,14,17,22,24H,7,10,13,15-16,18-20H2,1H3/t22-,24+/m1/s1. The Kier molecular flexibility index (Phi) is 8.06. The molecule has 0 saturated carbocycles. The Morgan fingerprint density at radius 1 is 1.08 bits per heavy atom. The number of nitrogens with zero attached hydrogens (tertiary/aromatic N) is 2. The molecule has 2 aliphatic rings. The zero-order chi connectivity index (χ0) is 25.6. The van der Waals surface area contributed by atoms with Crippen molar-refractivity contribution in [3.05, 3.63) is 82.0 Å². The first-order valence-electron chi connectivity index (χ1n) is 12.7. The summed E-state index contributed by atoms with van der Waals surface area (Å²) in [6, 6.07) is 18.5. The van der Waals surface area contributed by atoms with Crippen molar-refractivity contribution < 1.29 is 23.8 Å². The third-order valence-corrected chi connectivity index (χ3v) is 7.96. The number of amides is 2. The van der Waals surface area contributed by atoms with Crippen molar-refractivity contribution >= 4 is 23.2 Å². The maximum absolute atomic E-state index is 13.8. The second-order valence-corrected chi connectivity index (χ2v) is 10.3. The SMILES string of the molecule is COc1ccccc1OC[C@H]1c2ccsc2CCN1C(=O)CN(C[C@H]1CCCO1)C(=O)c1ccccc1. The molecule has 1 saturated heterocycles. The van der Waals surface area contributed by atoms with Gasteiger partial charge in [-0.25, -0.2) is 0 Å². The molecule has 0 aliphatic carbocycles. The third-order valence-electron chi connectivity index (χ3n) is 6.96. The normalized spacial score (nSPS) is 18.8. The molecular formula is C29H32N2O5S. The molecule has 194 valence electrons. The predicted octanol–water partition coefficient (Wildman–Crippen LogP) is 4.58. The van der Waals surface area contributed by atoms with Gasteiger partial charge in [0, 0.05) is 30.1 Å². The van der Waals surface area contributed by atoms with Crippen molar-refractivity contribution in [2.24, 2.45) is 0 Å². The molecule has 1 fully saturated rings. The van der Waals surface area contributed by atoms with Gasteiger partial charge in [0.2, 0.25) is 5.91 Å². The molecule has 0 bridgehead atoms. The molecule has 2 atom stereocenters. The molecule has 3 heterocycles. The Morgan fingerprint density at radius 3 is 2.62 bits per heavy atom. The van der Waals surface area contributed by atoms with Gasteiger partial charge in [-0.2, -0.15) is 0 Å². The van der Waals surface area contributed by atoms with E-state index in [-0.39, 0.29) is 30.5 Å². The Hall–Kier alpha value is -3.36. The number of benzene rings is 2. The fraction of sp³-hybridized carbons (Fsp3) is 0.379. The minimum atomic E-state index is -0.246. The van der Waals surface area contributed by atoms with Crippen molar-refractivity contribution in [1.82, 2.24) is 9.80 Å². The number of thiophene rings is 1. The Bertz CT molecular complexity index is 1210. The van der Waals surface area contributed by atoms with Gasteiger partial charge < -0.3 is 24.0 Å². The van der Waals surface area contributed by atoms with Gasteiger partial charge in [-0.1, -0.05) is 30.3 Å². The maximum Gasteiger partial charge on any atom is 0.254 e. The van der Waals surface area contributed by atoms with Crippen LogP contribution in [-0.2, 0) is 16.0 Å². The van der Waals surface area contributed by atoms with Crippen molar-refractivity contribution in [1.29, 1.82) is 0 Å². The van der Waals surface area contributed by atoms with Crippen LogP contribution in [0.5, 0.6) is 11.5 Å². The molecule has 2 aromatic carbocycles. The summed E-state index contributed by atoms with van der Waals surface area (Å²) in [5.41, 5.74) is 1.68. The van der Waals surface area contributed by atoms with Crippen LogP contribution in [0.4, 0.5) is 0 Å². The average Bonchev–Trinajstić information content (AvgIpc) is 3.64. The molecular weight excluding hydrogens is 488 g/mol. The first kappa shape index (κ1) is 25.3. The number of ether oxygens (including phenoxy) is 3. The molecule has 2 amide bonds. The number of para-hydroxylation sites is 2. The zero-order valence-electron chi connectivity index (χ0n) is 21.0. The van der Waals surface area contributed by atoms with E-state index < -0.39 is 0 Å². The first-order valence-corrected chi connectivity index (χ1v) is 13.6. The van der Waals surface area contributed by atoms with E-state index in [4.69, 9.17) is 14.2 Å². The number of carbonyl (C=O) groups is 2. The van der Waals surface area contributed by atoms with Crippen LogP contribution in [0.15, 0.2) is 66.0 Å². The summed E-state index contributed by atoms with van der Waals surface area (Å²) in [7, 11) is 1.61. The molecule has 3 aromatic rings. The van der Waals surface area contributed by atoms with E-state index in [1.807, 2.05) is 47.4 Å². The van der Waals surface area contributed by atoms with E-state index >= 15 is 0 Å². The fourth-order valence-electron chi connectivity index (χ4n) is 5.05. The second-order valence-electron chi connectivity index (χ2n) is 9.30. The molecule has 37 heavy (non-hydrogen) atoms. The molecule has 5 rings (SSSR count). The summed E-state index contributed by atoms with van der Waals surface area (Å²) in [5.74, 6) is 1.05. The molecule has 0 radical (unpaired) electrons. The molecule has 7 nitrogen and oxygen atoms in total. The van der Waals surface area contributed by atoms with Gasteiger partial charge in [-0.05, 0) is 60.5 Å². The first-order chi connectivity index (χ1) is 18.1. The van der Waals surface area contributed by atoms with E-state index in [9.17, 15) is 9.59 Å². The number of carbonyl (C=O) groups excluding carboxylic acids is 2. The molecule has 1 aromatic heterocycles. The summed E-state index contributed by atoms with van der Waals surface area (Å²) in [6.45, 7) is 1.98. The summed E-state index contributed by atoms with van der Waals surface area (Å²) < 4.78 is 17.4. The van der Waals surface area contributed by atoms with Gasteiger partial charge in [0.15, 0.2) is 11.5 Å². The smallest absolute Gasteiger partial charge is 0.254 e. The largest absolute Gasteiger partial charge is 0.493 e. The quantitative estimate of drug-likeness (QED) is 0.413. The summed E-state index contributed by atoms with van der Waals surface area (Å²) in [5, 5.41) is 2.07. The Labute approximate surface area is 221 Å². The van der Waals surface area contributed by atoms with Crippen LogP contribution in [0.2, 0.25) is 0 Å². The topological polar surface area (TPSA) is 68.3 Å². The lowest BCUT2D eigenvalue weighted by atomic mass is 10.00. The van der Waals surface area contributed by atoms with Crippen LogP contribution < -0.4 is 9.47 Å². The van der Waals surface area contributed by atoms with E-state index in [0.717, 1.165) is 24.8 Å². The highest BCUT2D eigenvalue weighted by molar-refractivity contribution is 7.10. The lowest BCUT2D eigenvalue weighted by molar-refractivity contribution is -0.135. The molecule has 0 N–H and O–H groups in total. The average molecular weight is 521 g/mol. The van der Waals surface area contributed by atoms with Crippen LogP contribution in [0.25, 0.3) is 0 Å². The van der Waals surface area contributed by atoms with Gasteiger partial charge in [0.25, 0.3) is 5.91 Å². The monoisotopic (exact) mass is 520 g/mol. The van der Waals surface area contributed by atoms with Gasteiger partial charge in [-0.15, -0.1) is 11.3 Å². The minimum absolute atomic E-state index is 0.00177. The fourth-order valence-corrected chi connectivity index (χ4v) is 5.98. The molecule has 0 spiro atoms. The lowest BCUT2D eigenvalue weighted by Gasteiger charge is -2.37. The molecule has 0 unspecified atom stereocenters. The van der Waals surface area contributed by atoms with Gasteiger partial charge in [-0.3, -0.25) is 9.59 Å². The van der Waals surface area contributed by atoms with Crippen LogP contribution in [0.3, 0.4) is 0 Å². The second kappa shape index (κ2) is 11.8. The summed E-state index contributed by atoms with van der Waals surface area (Å²) in [6.07, 6.45) is 2.61. The maximum atomic E-state index is 13.8. The number of hydrogen-bond acceptors (Lipinski definition) is 6. The highest BCUT2D eigenvalue weighted by atomic mass is 32.1. The number of methoxy groups -OCH3 is 1. The van der Waals surface area contributed by atoms with Gasteiger partial charge in [0.1, 0.15) is 13.2 Å². The highest BCUT2D eigenvalue weighted by Crippen LogP contribution is 2.35. The van der Waals surface area contributed by atoms with E-state index in [2.05, 4.69) is 11.4 Å². The zero-order valence-corrected chi connectivity index (χ0v) is 21.8. The highest BCUT2D eigenvalue weighted by Gasteiger charge is 2.34. The lowest BCUT2D eigenvalue weighted by Crippen LogP contribution is -2.49. The van der Waals surface area contributed by atoms with Gasteiger partial charge in [0.05, 0.1) is 19.3 Å². The number of rotatable bonds is 9. The predicted molar refractivity (Wildman–Crippen MR) is 142 cm³/mol. The van der Waals surface area contributed by atoms with Crippen molar-refractivity contribution in [2.75, 3.05) is 40.0 Å². The van der Waals surface area contributed by atoms with E-state index in [0.29, 0.717) is 43.4 Å². The Balaban J connectivity index is 1.35. The van der Waals surface area contributed by atoms with Crippen molar-refractivity contribution in [3.8, 4) is 11.5 Å². The van der Waals surface area contributed by atoms with E-state index in [1.54, 1.807) is 35.5 Å². The van der Waals surface area contributed by atoms with Crippen LogP contribution in [0, 0.1) is 0 Å². The summed E-state index contributed by atoms with van der Waals surface area (Å²) >= 11 is 1.71.